The molecule has 0 heterocycles. The van der Waals surface area contributed by atoms with Crippen LogP contribution in [0, 0.1) is 27.7 Å². The van der Waals surface area contributed by atoms with Crippen molar-refractivity contribution in [2.24, 2.45) is 0 Å². The average molecular weight is 727 g/mol. The molecule has 0 unspecified atom stereocenters. The standard InChI is InChI=1S/C56H54/c1-31-25-41-42(26-32(31)2)50(54-38-20-12-10-18-36(38)30-48-52(54)40-22-14-16-24-46(40)56(48,7)8)44-28-34(4)33(3)27-43(44)49(41)53-37-19-11-9-17-35(37)29-47-51(53)39-21-13-15-23-45(39)55(47,5)6/h13-16,21-30H,9-12,17-20H2,1-8H3. The van der Waals surface area contributed by atoms with Crippen LogP contribution >= 0.6 is 0 Å². The Morgan fingerprint density at radius 1 is 0.357 bits per heavy atom. The molecular weight excluding hydrogens is 673 g/mol. The van der Waals surface area contributed by atoms with Crippen molar-refractivity contribution in [3.05, 3.63) is 152 Å². The summed E-state index contributed by atoms with van der Waals surface area (Å²) in [5.74, 6) is 0. The van der Waals surface area contributed by atoms with Gasteiger partial charge in [0.1, 0.15) is 0 Å². The van der Waals surface area contributed by atoms with Crippen molar-refractivity contribution >= 4 is 21.5 Å². The van der Waals surface area contributed by atoms with Gasteiger partial charge in [0.05, 0.1) is 0 Å². The minimum absolute atomic E-state index is 0.0540. The second-order valence-electron chi connectivity index (χ2n) is 19.1. The van der Waals surface area contributed by atoms with E-state index in [0.717, 1.165) is 12.8 Å². The zero-order valence-corrected chi connectivity index (χ0v) is 34.7. The third kappa shape index (κ3) is 4.48. The molecule has 278 valence electrons. The van der Waals surface area contributed by atoms with Crippen molar-refractivity contribution in [3.8, 4) is 44.5 Å². The van der Waals surface area contributed by atoms with E-state index in [1.165, 1.54) is 149 Å². The summed E-state index contributed by atoms with van der Waals surface area (Å²) in [5, 5.41) is 5.70. The van der Waals surface area contributed by atoms with Crippen LogP contribution in [0.25, 0.3) is 66.1 Å². The van der Waals surface area contributed by atoms with Crippen molar-refractivity contribution in [2.45, 2.75) is 118 Å². The lowest BCUT2D eigenvalue weighted by Gasteiger charge is -2.30. The van der Waals surface area contributed by atoms with Crippen LogP contribution in [0.1, 0.15) is 120 Å². The van der Waals surface area contributed by atoms with Crippen molar-refractivity contribution in [2.75, 3.05) is 0 Å². The lowest BCUT2D eigenvalue weighted by atomic mass is 9.73. The molecule has 0 saturated carbocycles. The summed E-state index contributed by atoms with van der Waals surface area (Å²) in [4.78, 5) is 0. The quantitative estimate of drug-likeness (QED) is 0.156. The fourth-order valence-electron chi connectivity index (χ4n) is 12.0. The first-order valence-electron chi connectivity index (χ1n) is 21.5. The molecule has 11 rings (SSSR count). The van der Waals surface area contributed by atoms with Crippen molar-refractivity contribution < 1.29 is 0 Å². The Kier molecular flexibility index (Phi) is 7.23. The highest BCUT2D eigenvalue weighted by molar-refractivity contribution is 6.25. The highest BCUT2D eigenvalue weighted by atomic mass is 14.4. The second kappa shape index (κ2) is 11.8. The van der Waals surface area contributed by atoms with Crippen LogP contribution in [-0.2, 0) is 36.5 Å². The summed E-state index contributed by atoms with van der Waals surface area (Å²) in [7, 11) is 0. The van der Waals surface area contributed by atoms with Gasteiger partial charge < -0.3 is 0 Å². The maximum Gasteiger partial charge on any atom is 0.0159 e. The summed E-state index contributed by atoms with van der Waals surface area (Å²) < 4.78 is 0. The maximum absolute atomic E-state index is 2.63. The van der Waals surface area contributed by atoms with Crippen LogP contribution in [-0.4, -0.2) is 0 Å². The predicted molar refractivity (Wildman–Crippen MR) is 240 cm³/mol. The lowest BCUT2D eigenvalue weighted by molar-refractivity contribution is 0.649. The Labute approximate surface area is 334 Å². The third-order valence-corrected chi connectivity index (χ3v) is 15.2. The van der Waals surface area contributed by atoms with Crippen LogP contribution in [0.15, 0.2) is 84.9 Å². The first-order chi connectivity index (χ1) is 27.0. The van der Waals surface area contributed by atoms with Gasteiger partial charge in [-0.05, 0) is 212 Å². The van der Waals surface area contributed by atoms with E-state index < -0.39 is 0 Å². The maximum atomic E-state index is 2.63. The largest absolute Gasteiger partial charge is 0.0619 e. The SMILES string of the molecule is Cc1cc2c(-c3c4c(cc5c3-c3ccccc3C5(C)C)CCCC4)c3cc(C)c(C)cc3c(-c3c4c(cc5c3-c3ccccc3C5(C)C)CCCC4)c2cc1C. The molecule has 0 fully saturated rings. The molecule has 0 radical (unpaired) electrons. The molecule has 7 aromatic rings. The van der Waals surface area contributed by atoms with E-state index in [2.05, 4.69) is 140 Å². The first kappa shape index (κ1) is 34.3. The number of aryl methyl sites for hydroxylation is 6. The molecule has 4 aliphatic carbocycles. The number of hydrogen-bond donors (Lipinski definition) is 0. The van der Waals surface area contributed by atoms with Gasteiger partial charge in [-0.15, -0.1) is 0 Å². The summed E-state index contributed by atoms with van der Waals surface area (Å²) in [5.41, 5.74) is 29.6. The smallest absolute Gasteiger partial charge is 0.0159 e. The minimum atomic E-state index is -0.0540. The van der Waals surface area contributed by atoms with E-state index in [0.29, 0.717) is 0 Å². The Morgan fingerprint density at radius 3 is 1.07 bits per heavy atom. The highest BCUT2D eigenvalue weighted by Gasteiger charge is 2.42. The molecular formula is C56H54. The van der Waals surface area contributed by atoms with Crippen molar-refractivity contribution in [3.63, 3.8) is 0 Å². The molecule has 0 N–H and O–H groups in total. The topological polar surface area (TPSA) is 0 Å². The van der Waals surface area contributed by atoms with Gasteiger partial charge in [-0.1, -0.05) is 113 Å². The van der Waals surface area contributed by atoms with Gasteiger partial charge in [-0.2, -0.15) is 0 Å². The van der Waals surface area contributed by atoms with Crippen LogP contribution in [0.2, 0.25) is 0 Å². The van der Waals surface area contributed by atoms with E-state index in [1.54, 1.807) is 22.3 Å². The molecule has 0 nitrogen and oxygen atoms in total. The molecule has 0 aliphatic heterocycles. The monoisotopic (exact) mass is 726 g/mol. The number of rotatable bonds is 2. The first-order valence-corrected chi connectivity index (χ1v) is 21.5. The molecule has 0 bridgehead atoms. The minimum Gasteiger partial charge on any atom is -0.0619 e. The molecule has 0 saturated heterocycles. The van der Waals surface area contributed by atoms with E-state index in [-0.39, 0.29) is 10.8 Å². The molecule has 0 aromatic heterocycles. The summed E-state index contributed by atoms with van der Waals surface area (Å²) >= 11 is 0. The predicted octanol–water partition coefficient (Wildman–Crippen LogP) is 14.9. The normalized spacial score (nSPS) is 17.0. The van der Waals surface area contributed by atoms with Crippen LogP contribution in [0.4, 0.5) is 0 Å². The number of fused-ring (bicyclic) bond motifs is 10. The van der Waals surface area contributed by atoms with E-state index in [1.807, 2.05) is 0 Å². The molecule has 0 atom stereocenters. The summed E-state index contributed by atoms with van der Waals surface area (Å²) in [6.45, 7) is 19.2. The Balaban J connectivity index is 1.39. The highest BCUT2D eigenvalue weighted by Crippen LogP contribution is 2.60. The number of benzene rings is 7. The number of hydrogen-bond acceptors (Lipinski definition) is 0. The Morgan fingerprint density at radius 2 is 0.696 bits per heavy atom. The van der Waals surface area contributed by atoms with Gasteiger partial charge in [0.2, 0.25) is 0 Å². The fourth-order valence-corrected chi connectivity index (χ4v) is 12.0. The van der Waals surface area contributed by atoms with Crippen LogP contribution in [0.3, 0.4) is 0 Å². The van der Waals surface area contributed by atoms with Gasteiger partial charge in [0.25, 0.3) is 0 Å². The van der Waals surface area contributed by atoms with Crippen molar-refractivity contribution in [1.82, 2.24) is 0 Å². The zero-order valence-electron chi connectivity index (χ0n) is 34.7. The van der Waals surface area contributed by atoms with Crippen LogP contribution in [0.5, 0.6) is 0 Å². The molecule has 0 spiro atoms. The summed E-state index contributed by atoms with van der Waals surface area (Å²) in [6, 6.07) is 34.3. The third-order valence-electron chi connectivity index (χ3n) is 15.2. The molecule has 4 aliphatic rings. The molecule has 7 aromatic carbocycles. The van der Waals surface area contributed by atoms with E-state index >= 15 is 0 Å². The second-order valence-corrected chi connectivity index (χ2v) is 19.1. The van der Waals surface area contributed by atoms with Gasteiger partial charge in [-0.3, -0.25) is 0 Å². The van der Waals surface area contributed by atoms with Crippen LogP contribution < -0.4 is 0 Å². The molecule has 0 amide bonds. The summed E-state index contributed by atoms with van der Waals surface area (Å²) in [6.07, 6.45) is 9.69. The van der Waals surface area contributed by atoms with E-state index in [4.69, 9.17) is 0 Å². The fraction of sp³-hybridized carbons (Fsp3) is 0.321. The van der Waals surface area contributed by atoms with Gasteiger partial charge in [0, 0.05) is 10.8 Å². The zero-order chi connectivity index (χ0) is 38.4. The Hall–Kier alpha value is -4.94. The Bertz CT molecular complexity index is 2620. The lowest BCUT2D eigenvalue weighted by Crippen LogP contribution is -2.17. The van der Waals surface area contributed by atoms with Crippen molar-refractivity contribution in [1.29, 1.82) is 0 Å². The molecule has 56 heavy (non-hydrogen) atoms. The van der Waals surface area contributed by atoms with E-state index in [9.17, 15) is 0 Å². The van der Waals surface area contributed by atoms with Gasteiger partial charge in [0.15, 0.2) is 0 Å². The van der Waals surface area contributed by atoms with Gasteiger partial charge in [-0.25, -0.2) is 0 Å². The molecule has 0 heteroatoms. The van der Waals surface area contributed by atoms with Gasteiger partial charge >= 0.3 is 0 Å². The average Bonchev–Trinajstić information content (AvgIpc) is 3.56.